The molecular weight excluding hydrogens is 392 g/mol. The first-order valence-electron chi connectivity index (χ1n) is 8.71. The lowest BCUT2D eigenvalue weighted by Gasteiger charge is -2.14. The Kier molecular flexibility index (Phi) is 5.07. The van der Waals surface area contributed by atoms with Gasteiger partial charge in [-0.2, -0.15) is 0 Å². The van der Waals surface area contributed by atoms with Crippen molar-refractivity contribution in [2.24, 2.45) is 0 Å². The number of nitrogens with one attached hydrogen (secondary N) is 2. The maximum atomic E-state index is 12.8. The highest BCUT2D eigenvalue weighted by Crippen LogP contribution is 2.35. The van der Waals surface area contributed by atoms with Crippen molar-refractivity contribution >= 4 is 45.0 Å². The number of halogens is 1. The Hall–Kier alpha value is -2.83. The first kappa shape index (κ1) is 18.5. The molecule has 1 atom stereocenters. The van der Waals surface area contributed by atoms with E-state index in [9.17, 15) is 4.21 Å². The molecule has 4 rings (SSSR count). The van der Waals surface area contributed by atoms with Crippen molar-refractivity contribution in [3.8, 4) is 11.1 Å². The van der Waals surface area contributed by atoms with Crippen molar-refractivity contribution in [1.82, 2.24) is 9.97 Å². The van der Waals surface area contributed by atoms with Gasteiger partial charge in [0.05, 0.1) is 16.0 Å². The number of fused-ring (bicyclic) bond motifs is 1. The van der Waals surface area contributed by atoms with E-state index in [1.807, 2.05) is 32.4 Å². The Morgan fingerprint density at radius 1 is 1.11 bits per heavy atom. The maximum absolute atomic E-state index is 12.8. The van der Waals surface area contributed by atoms with Crippen LogP contribution < -0.4 is 9.62 Å². The summed E-state index contributed by atoms with van der Waals surface area (Å²) in [6, 6.07) is 17.1. The van der Waals surface area contributed by atoms with Gasteiger partial charge < -0.3 is 14.6 Å². The summed E-state index contributed by atoms with van der Waals surface area (Å²) in [4.78, 5) is 10.3. The molecule has 5 nitrogen and oxygen atoms in total. The van der Waals surface area contributed by atoms with E-state index < -0.39 is 11.0 Å². The number of aromatic nitrogens is 2. The third-order valence-corrected chi connectivity index (χ3v) is 5.84. The molecule has 0 radical (unpaired) electrons. The molecule has 0 saturated carbocycles. The Labute approximate surface area is 171 Å². The van der Waals surface area contributed by atoms with Gasteiger partial charge in [-0.15, -0.1) is 0 Å². The smallest absolute Gasteiger partial charge is 0.150 e. The van der Waals surface area contributed by atoms with Crippen molar-refractivity contribution in [2.75, 3.05) is 23.7 Å². The zero-order valence-corrected chi connectivity index (χ0v) is 17.0. The Morgan fingerprint density at radius 3 is 2.64 bits per heavy atom. The van der Waals surface area contributed by atoms with E-state index in [-0.39, 0.29) is 0 Å². The van der Waals surface area contributed by atoms with E-state index in [1.165, 1.54) is 0 Å². The second-order valence-corrected chi connectivity index (χ2v) is 8.20. The van der Waals surface area contributed by atoms with Gasteiger partial charge >= 0.3 is 0 Å². The predicted octanol–water partition coefficient (Wildman–Crippen LogP) is 5.08. The minimum absolute atomic E-state index is 0.612. The standard InChI is InChI=1S/C21H19ClN4OS/c1-26(2)16-5-3-4-14(12-16)18-13-24-21-20(18)19(10-11-23-21)25-28(27)17-8-6-15(22)7-9-17/h3-13H,1-2H3,(H2,23,24,25). The molecule has 0 aliphatic carbocycles. The molecule has 0 aliphatic rings. The number of H-pyrrole nitrogens is 1. The van der Waals surface area contributed by atoms with Gasteiger partial charge in [0.2, 0.25) is 0 Å². The van der Waals surface area contributed by atoms with Crippen molar-refractivity contribution in [3.05, 3.63) is 72.0 Å². The average Bonchev–Trinajstić information content (AvgIpc) is 3.14. The van der Waals surface area contributed by atoms with Crippen LogP contribution in [0.2, 0.25) is 5.02 Å². The molecule has 0 aliphatic heterocycles. The summed E-state index contributed by atoms with van der Waals surface area (Å²) in [6.45, 7) is 0. The zero-order chi connectivity index (χ0) is 19.7. The molecule has 0 saturated heterocycles. The van der Waals surface area contributed by atoms with Crippen molar-refractivity contribution in [1.29, 1.82) is 0 Å². The molecule has 0 fully saturated rings. The number of hydrogen-bond acceptors (Lipinski definition) is 3. The molecule has 2 heterocycles. The van der Waals surface area contributed by atoms with Crippen molar-refractivity contribution in [3.63, 3.8) is 0 Å². The molecule has 28 heavy (non-hydrogen) atoms. The molecule has 2 aromatic heterocycles. The van der Waals surface area contributed by atoms with Crippen LogP contribution in [-0.4, -0.2) is 28.3 Å². The summed E-state index contributed by atoms with van der Waals surface area (Å²) in [7, 11) is 2.61. The predicted molar refractivity (Wildman–Crippen MR) is 117 cm³/mol. The van der Waals surface area contributed by atoms with Gasteiger partial charge in [0.25, 0.3) is 0 Å². The van der Waals surface area contributed by atoms with Gasteiger partial charge in [-0.1, -0.05) is 23.7 Å². The van der Waals surface area contributed by atoms with E-state index in [0.717, 1.165) is 33.5 Å². The molecule has 2 N–H and O–H groups in total. The van der Waals surface area contributed by atoms with E-state index in [1.54, 1.807) is 30.5 Å². The number of rotatable bonds is 5. The summed E-state index contributed by atoms with van der Waals surface area (Å²) in [5.41, 5.74) is 4.66. The molecule has 2 aromatic carbocycles. The van der Waals surface area contributed by atoms with Crippen LogP contribution in [0, 0.1) is 0 Å². The van der Waals surface area contributed by atoms with Crippen LogP contribution in [0.1, 0.15) is 0 Å². The summed E-state index contributed by atoms with van der Waals surface area (Å²) < 4.78 is 15.9. The molecule has 1 unspecified atom stereocenters. The van der Waals surface area contributed by atoms with Gasteiger partial charge in [0, 0.05) is 42.8 Å². The average molecular weight is 411 g/mol. The minimum atomic E-state index is -1.42. The van der Waals surface area contributed by atoms with E-state index in [4.69, 9.17) is 11.6 Å². The number of anilines is 2. The molecule has 7 heteroatoms. The summed E-state index contributed by atoms with van der Waals surface area (Å²) in [5, 5.41) is 1.52. The lowest BCUT2D eigenvalue weighted by molar-refractivity contribution is 0.686. The van der Waals surface area contributed by atoms with Crippen LogP contribution in [0.5, 0.6) is 0 Å². The van der Waals surface area contributed by atoms with Gasteiger partial charge in [-0.3, -0.25) is 0 Å². The van der Waals surface area contributed by atoms with Crippen LogP contribution in [0.25, 0.3) is 22.2 Å². The fraction of sp³-hybridized carbons (Fsp3) is 0.0952. The topological polar surface area (TPSA) is 61.0 Å². The summed E-state index contributed by atoms with van der Waals surface area (Å²) in [6.07, 6.45) is 3.63. The number of aromatic amines is 1. The van der Waals surface area contributed by atoms with E-state index in [2.05, 4.69) is 37.8 Å². The highest BCUT2D eigenvalue weighted by atomic mass is 35.5. The third kappa shape index (κ3) is 3.61. The number of hydrogen-bond donors (Lipinski definition) is 2. The van der Waals surface area contributed by atoms with Gasteiger partial charge in [-0.05, 0) is 48.0 Å². The number of nitrogens with zero attached hydrogens (tertiary/aromatic N) is 2. The van der Waals surface area contributed by atoms with Crippen LogP contribution in [0.3, 0.4) is 0 Å². The number of benzene rings is 2. The highest BCUT2D eigenvalue weighted by Gasteiger charge is 2.14. The lowest BCUT2D eigenvalue weighted by Crippen LogP contribution is -2.08. The highest BCUT2D eigenvalue weighted by molar-refractivity contribution is 7.86. The van der Waals surface area contributed by atoms with Crippen molar-refractivity contribution in [2.45, 2.75) is 4.90 Å². The van der Waals surface area contributed by atoms with Crippen LogP contribution in [-0.2, 0) is 11.0 Å². The zero-order valence-electron chi connectivity index (χ0n) is 15.4. The molecule has 0 amide bonds. The van der Waals surface area contributed by atoms with Crippen molar-refractivity contribution < 1.29 is 4.21 Å². The van der Waals surface area contributed by atoms with Crippen LogP contribution in [0.4, 0.5) is 11.4 Å². The monoisotopic (exact) mass is 410 g/mol. The summed E-state index contributed by atoms with van der Waals surface area (Å²) in [5.74, 6) is 0. The fourth-order valence-electron chi connectivity index (χ4n) is 3.04. The normalized spacial score (nSPS) is 12.1. The first-order chi connectivity index (χ1) is 13.5. The Bertz CT molecular complexity index is 1150. The SMILES string of the molecule is CN(C)c1cccc(-c2c[nH]c3nccc(NS(=O)c4ccc(Cl)cc4)c23)c1. The fourth-order valence-corrected chi connectivity index (χ4v) is 4.03. The largest absolute Gasteiger partial charge is 0.378 e. The lowest BCUT2D eigenvalue weighted by atomic mass is 10.0. The quantitative estimate of drug-likeness (QED) is 0.482. The Morgan fingerprint density at radius 2 is 1.89 bits per heavy atom. The van der Waals surface area contributed by atoms with E-state index >= 15 is 0 Å². The molecule has 4 aromatic rings. The first-order valence-corrected chi connectivity index (χ1v) is 10.2. The van der Waals surface area contributed by atoms with Crippen LogP contribution in [0.15, 0.2) is 71.9 Å². The molecule has 142 valence electrons. The Balaban J connectivity index is 1.76. The second-order valence-electron chi connectivity index (χ2n) is 6.55. The van der Waals surface area contributed by atoms with Gasteiger partial charge in [0.1, 0.15) is 16.6 Å². The maximum Gasteiger partial charge on any atom is 0.150 e. The molecule has 0 spiro atoms. The number of pyridine rings is 1. The van der Waals surface area contributed by atoms with E-state index in [0.29, 0.717) is 9.92 Å². The van der Waals surface area contributed by atoms with Crippen LogP contribution >= 0.6 is 11.6 Å². The molecule has 0 bridgehead atoms. The third-order valence-electron chi connectivity index (χ3n) is 4.48. The second kappa shape index (κ2) is 7.66. The van der Waals surface area contributed by atoms with Gasteiger partial charge in [0.15, 0.2) is 0 Å². The molecular formula is C21H19ClN4OS. The minimum Gasteiger partial charge on any atom is -0.378 e. The summed E-state index contributed by atoms with van der Waals surface area (Å²) >= 11 is 5.93. The van der Waals surface area contributed by atoms with Gasteiger partial charge in [-0.25, -0.2) is 9.19 Å².